The molecule has 2 nitrogen and oxygen atoms in total. The van der Waals surface area contributed by atoms with Gasteiger partial charge in [-0.05, 0) is 54.0 Å². The predicted molar refractivity (Wildman–Crippen MR) is 188 cm³/mol. The fourth-order valence-corrected chi connectivity index (χ4v) is 8.19. The molecule has 7 aliphatic rings. The summed E-state index contributed by atoms with van der Waals surface area (Å²) in [7, 11) is 0. The maximum Gasteiger partial charge on any atom is 0.114 e. The van der Waals surface area contributed by atoms with E-state index in [2.05, 4.69) is 167 Å². The molecule has 222 valence electrons. The Hall–Kier alpha value is -5.72. The zero-order chi connectivity index (χ0) is 31.2. The van der Waals surface area contributed by atoms with Crippen LogP contribution in [0.15, 0.2) is 108 Å². The summed E-state index contributed by atoms with van der Waals surface area (Å²) in [4.78, 5) is 5.03. The third-order valence-electron chi connectivity index (χ3n) is 10.2. The van der Waals surface area contributed by atoms with Crippen LogP contribution >= 0.6 is 0 Å². The van der Waals surface area contributed by atoms with Crippen LogP contribution in [0.5, 0.6) is 0 Å². The van der Waals surface area contributed by atoms with Crippen molar-refractivity contribution in [3.05, 3.63) is 148 Å². The van der Waals surface area contributed by atoms with Gasteiger partial charge in [-0.15, -0.1) is 11.8 Å². The number of anilines is 1. The summed E-state index contributed by atoms with van der Waals surface area (Å²) in [6.07, 6.45) is 31.2. The molecule has 9 rings (SSSR count). The Kier molecular flexibility index (Phi) is 6.79. The lowest BCUT2D eigenvalue weighted by atomic mass is 9.77. The Morgan fingerprint density at radius 3 is 2.72 bits per heavy atom. The Morgan fingerprint density at radius 2 is 1.72 bits per heavy atom. The number of likely N-dealkylation sites (tertiary alicyclic amines) is 1. The second-order valence-corrected chi connectivity index (χ2v) is 12.8. The van der Waals surface area contributed by atoms with Gasteiger partial charge in [0.1, 0.15) is 11.7 Å². The minimum Gasteiger partial charge on any atom is -0.340 e. The summed E-state index contributed by atoms with van der Waals surface area (Å²) >= 11 is 0. The van der Waals surface area contributed by atoms with E-state index in [0.717, 1.165) is 43.4 Å². The zero-order valence-electron chi connectivity index (χ0n) is 26.1. The van der Waals surface area contributed by atoms with Crippen molar-refractivity contribution in [1.29, 1.82) is 0 Å². The molecular formula is C45H32N2. The number of hydrogen-bond acceptors (Lipinski definition) is 2. The SMILES string of the molecule is C1#CCCC#CC2/C(=C\C1)N(C1=c3ccccc3=CCC=C1)C1CC3C(=CC21)N(C1C#CC2C=CC=C/C2=C/C=C\1)c1c#cc#cc13. The predicted octanol–water partition coefficient (Wildman–Crippen LogP) is 6.23. The summed E-state index contributed by atoms with van der Waals surface area (Å²) in [5.41, 5.74) is 7.21. The van der Waals surface area contributed by atoms with Crippen LogP contribution in [-0.2, 0) is 0 Å². The fraction of sp³-hybridized carbons (Fsp3) is 0.244. The maximum absolute atomic E-state index is 3.78. The summed E-state index contributed by atoms with van der Waals surface area (Å²) in [6, 6.07) is 22.0. The molecule has 2 heteroatoms. The number of benzene rings is 1. The van der Waals surface area contributed by atoms with E-state index in [1.165, 1.54) is 33.1 Å². The van der Waals surface area contributed by atoms with E-state index in [1.54, 1.807) is 0 Å². The van der Waals surface area contributed by atoms with Gasteiger partial charge in [0.15, 0.2) is 0 Å². The molecule has 0 bridgehead atoms. The first-order valence-corrected chi connectivity index (χ1v) is 16.8. The van der Waals surface area contributed by atoms with E-state index in [4.69, 9.17) is 0 Å². The lowest BCUT2D eigenvalue weighted by Crippen LogP contribution is -2.40. The van der Waals surface area contributed by atoms with Gasteiger partial charge in [-0.25, -0.2) is 0 Å². The summed E-state index contributed by atoms with van der Waals surface area (Å²) in [5, 5.41) is 2.56. The van der Waals surface area contributed by atoms with Gasteiger partial charge in [0, 0.05) is 65.0 Å². The van der Waals surface area contributed by atoms with Crippen molar-refractivity contribution in [2.24, 2.45) is 17.8 Å². The maximum atomic E-state index is 3.78. The number of allylic oxidation sites excluding steroid dienone is 11. The Morgan fingerprint density at radius 1 is 0.787 bits per heavy atom. The average Bonchev–Trinajstić information content (AvgIpc) is 3.47. The van der Waals surface area contributed by atoms with Crippen molar-refractivity contribution in [2.45, 2.75) is 50.1 Å². The molecule has 2 aromatic carbocycles. The smallest absolute Gasteiger partial charge is 0.114 e. The van der Waals surface area contributed by atoms with Gasteiger partial charge in [0.05, 0.1) is 11.8 Å². The molecule has 0 spiro atoms. The summed E-state index contributed by atoms with van der Waals surface area (Å²) in [5.74, 6) is 21.8. The molecule has 0 N–H and O–H groups in total. The molecule has 1 fully saturated rings. The van der Waals surface area contributed by atoms with Gasteiger partial charge >= 0.3 is 0 Å². The van der Waals surface area contributed by atoms with Crippen LogP contribution in [-0.4, -0.2) is 17.0 Å². The summed E-state index contributed by atoms with van der Waals surface area (Å²) < 4.78 is 0. The Labute approximate surface area is 278 Å². The van der Waals surface area contributed by atoms with Crippen molar-refractivity contribution in [3.8, 4) is 35.5 Å². The highest BCUT2D eigenvalue weighted by Crippen LogP contribution is 2.55. The molecule has 2 heterocycles. The largest absolute Gasteiger partial charge is 0.340 e. The van der Waals surface area contributed by atoms with Crippen LogP contribution in [0.2, 0.25) is 0 Å². The van der Waals surface area contributed by atoms with Crippen LogP contribution in [0.3, 0.4) is 0 Å². The third-order valence-corrected chi connectivity index (χ3v) is 10.2. The van der Waals surface area contributed by atoms with Gasteiger partial charge < -0.3 is 9.80 Å². The van der Waals surface area contributed by atoms with Crippen LogP contribution in [0.4, 0.5) is 5.69 Å². The van der Waals surface area contributed by atoms with Crippen molar-refractivity contribution in [1.82, 2.24) is 4.90 Å². The molecule has 0 saturated carbocycles. The zero-order valence-corrected chi connectivity index (χ0v) is 26.1. The molecule has 0 amide bonds. The molecule has 0 aromatic heterocycles. The van der Waals surface area contributed by atoms with E-state index in [-0.39, 0.29) is 35.8 Å². The van der Waals surface area contributed by atoms with Crippen LogP contribution < -0.4 is 15.3 Å². The van der Waals surface area contributed by atoms with Crippen LogP contribution in [0.1, 0.15) is 43.6 Å². The first kappa shape index (κ1) is 27.6. The van der Waals surface area contributed by atoms with Gasteiger partial charge in [-0.1, -0.05) is 115 Å². The van der Waals surface area contributed by atoms with Crippen molar-refractivity contribution >= 4 is 17.5 Å². The van der Waals surface area contributed by atoms with Crippen LogP contribution in [0.25, 0.3) is 11.8 Å². The van der Waals surface area contributed by atoms with Gasteiger partial charge in [-0.2, -0.15) is 0 Å². The molecule has 0 radical (unpaired) electrons. The third kappa shape index (κ3) is 4.68. The summed E-state index contributed by atoms with van der Waals surface area (Å²) in [6.45, 7) is 0. The first-order valence-electron chi connectivity index (χ1n) is 16.8. The molecule has 6 atom stereocenters. The lowest BCUT2D eigenvalue weighted by molar-refractivity contribution is 0.315. The number of rotatable bonds is 2. The van der Waals surface area contributed by atoms with Gasteiger partial charge in [0.2, 0.25) is 0 Å². The molecule has 2 aliphatic heterocycles. The average molecular weight is 601 g/mol. The van der Waals surface area contributed by atoms with E-state index >= 15 is 0 Å². The second kappa shape index (κ2) is 11.6. The molecular weight excluding hydrogens is 569 g/mol. The van der Waals surface area contributed by atoms with E-state index in [1.807, 2.05) is 0 Å². The normalized spacial score (nSPS) is 31.5. The molecule has 2 aromatic rings. The number of fused-ring (bicyclic) bond motifs is 8. The van der Waals surface area contributed by atoms with E-state index in [9.17, 15) is 0 Å². The van der Waals surface area contributed by atoms with E-state index in [0.29, 0.717) is 0 Å². The number of hydrogen-bond donors (Lipinski definition) is 0. The standard InChI is InChI=1S/C45H32N2/c1-2-4-6-25-43-38(23-5-3-1)40-30-44-39(31-45(40)47(43)41-26-13-10-19-34-18-9-11-22-36(34)41)37-24-12-14-27-42(37)46(44)35-21-15-20-32-16-7-8-17-33(32)28-29-35/h7-9,11,13,15-22,25-26,30,33,35,38-40,45H,1,3,6,10,31H2/b21-15-,32-20-,43-25+. The molecule has 47 heavy (non-hydrogen) atoms. The minimum absolute atomic E-state index is 0.0777. The number of nitrogens with zero attached hydrogens (tertiary/aromatic N) is 2. The molecule has 1 saturated heterocycles. The van der Waals surface area contributed by atoms with Crippen LogP contribution in [0, 0.1) is 77.5 Å². The fourth-order valence-electron chi connectivity index (χ4n) is 8.19. The highest BCUT2D eigenvalue weighted by Gasteiger charge is 2.51. The Balaban J connectivity index is 1.22. The van der Waals surface area contributed by atoms with Crippen molar-refractivity contribution in [2.75, 3.05) is 4.90 Å². The highest BCUT2D eigenvalue weighted by molar-refractivity contribution is 5.70. The topological polar surface area (TPSA) is 6.48 Å². The van der Waals surface area contributed by atoms with E-state index < -0.39 is 0 Å². The highest BCUT2D eigenvalue weighted by atomic mass is 15.2. The molecule has 5 aliphatic carbocycles. The quantitative estimate of drug-likeness (QED) is 0.378. The van der Waals surface area contributed by atoms with Crippen molar-refractivity contribution < 1.29 is 0 Å². The Bertz CT molecular complexity index is 2200. The second-order valence-electron chi connectivity index (χ2n) is 12.8. The monoisotopic (exact) mass is 600 g/mol. The van der Waals surface area contributed by atoms with Gasteiger partial charge in [0.25, 0.3) is 0 Å². The lowest BCUT2D eigenvalue weighted by Gasteiger charge is -2.37. The first-order chi connectivity index (χ1) is 23.3. The van der Waals surface area contributed by atoms with Gasteiger partial charge in [-0.3, -0.25) is 0 Å². The van der Waals surface area contributed by atoms with Crippen molar-refractivity contribution in [3.63, 3.8) is 0 Å². The minimum atomic E-state index is -0.126. The molecule has 6 unspecified atom stereocenters.